The molecule has 2 N–H and O–H groups in total. The minimum Gasteiger partial charge on any atom is -0.497 e. The number of rotatable bonds is 4. The molecule has 1 aromatic rings. The van der Waals surface area contributed by atoms with Crippen LogP contribution in [0.3, 0.4) is 0 Å². The highest BCUT2D eigenvalue weighted by Crippen LogP contribution is 2.21. The van der Waals surface area contributed by atoms with E-state index in [0.717, 1.165) is 16.9 Å². The van der Waals surface area contributed by atoms with Gasteiger partial charge in [-0.15, -0.1) is 0 Å². The Balaban J connectivity index is 2.96. The summed E-state index contributed by atoms with van der Waals surface area (Å²) >= 11 is 0. The van der Waals surface area contributed by atoms with Crippen molar-refractivity contribution in [2.24, 2.45) is 5.73 Å². The van der Waals surface area contributed by atoms with Crippen LogP contribution in [0.15, 0.2) is 18.2 Å². The van der Waals surface area contributed by atoms with Crippen molar-refractivity contribution in [3.05, 3.63) is 29.3 Å². The summed E-state index contributed by atoms with van der Waals surface area (Å²) in [6.45, 7) is 1.89. The van der Waals surface area contributed by atoms with Gasteiger partial charge in [0.05, 0.1) is 12.9 Å². The molecule has 0 saturated carbocycles. The topological polar surface area (TPSA) is 69.4 Å². The number of hydrogen-bond acceptors (Lipinski definition) is 4. The van der Waals surface area contributed by atoms with Crippen molar-refractivity contribution in [1.82, 2.24) is 0 Å². The lowest BCUT2D eigenvalue weighted by Gasteiger charge is -2.14. The Bertz CT molecular complexity index is 468. The third-order valence-corrected chi connectivity index (χ3v) is 3.32. The van der Waals surface area contributed by atoms with Crippen LogP contribution in [-0.4, -0.2) is 27.5 Å². The lowest BCUT2D eigenvalue weighted by Crippen LogP contribution is -2.21. The zero-order valence-electron chi connectivity index (χ0n) is 9.73. The number of nitrogens with two attached hydrogens (primary N) is 1. The van der Waals surface area contributed by atoms with E-state index in [1.165, 1.54) is 6.26 Å². The van der Waals surface area contributed by atoms with Crippen molar-refractivity contribution in [2.45, 2.75) is 13.0 Å². The molecule has 0 spiro atoms. The first kappa shape index (κ1) is 13.0. The lowest BCUT2D eigenvalue weighted by molar-refractivity contribution is 0.414. The molecule has 1 rings (SSSR count). The van der Waals surface area contributed by atoms with Crippen molar-refractivity contribution in [2.75, 3.05) is 19.1 Å². The molecule has 0 aliphatic carbocycles. The fourth-order valence-corrected chi connectivity index (χ4v) is 2.44. The molecule has 16 heavy (non-hydrogen) atoms. The van der Waals surface area contributed by atoms with Crippen LogP contribution in [0.4, 0.5) is 0 Å². The molecule has 0 saturated heterocycles. The van der Waals surface area contributed by atoms with Gasteiger partial charge in [-0.05, 0) is 30.2 Å². The van der Waals surface area contributed by atoms with E-state index in [0.29, 0.717) is 0 Å². The number of benzene rings is 1. The van der Waals surface area contributed by atoms with Crippen LogP contribution in [0, 0.1) is 6.92 Å². The maximum Gasteiger partial charge on any atom is 0.149 e. The van der Waals surface area contributed by atoms with Crippen LogP contribution in [0.1, 0.15) is 17.2 Å². The Morgan fingerprint density at radius 1 is 1.44 bits per heavy atom. The van der Waals surface area contributed by atoms with Crippen molar-refractivity contribution in [3.63, 3.8) is 0 Å². The van der Waals surface area contributed by atoms with Crippen LogP contribution in [0.2, 0.25) is 0 Å². The number of ether oxygens (including phenoxy) is 1. The molecule has 0 fully saturated rings. The minimum atomic E-state index is -3.06. The van der Waals surface area contributed by atoms with Gasteiger partial charge in [0.2, 0.25) is 0 Å². The van der Waals surface area contributed by atoms with Crippen LogP contribution >= 0.6 is 0 Å². The predicted molar refractivity (Wildman–Crippen MR) is 64.4 cm³/mol. The molecule has 5 heteroatoms. The zero-order chi connectivity index (χ0) is 12.3. The summed E-state index contributed by atoms with van der Waals surface area (Å²) in [7, 11) is -1.47. The molecule has 0 aromatic heterocycles. The summed E-state index contributed by atoms with van der Waals surface area (Å²) in [4.78, 5) is 0. The van der Waals surface area contributed by atoms with Crippen molar-refractivity contribution >= 4 is 9.84 Å². The van der Waals surface area contributed by atoms with Gasteiger partial charge in [0.25, 0.3) is 0 Å². The van der Waals surface area contributed by atoms with Crippen LogP contribution in [0.25, 0.3) is 0 Å². The average Bonchev–Trinajstić information content (AvgIpc) is 2.14. The van der Waals surface area contributed by atoms with Crippen molar-refractivity contribution < 1.29 is 13.2 Å². The van der Waals surface area contributed by atoms with Gasteiger partial charge in [0.1, 0.15) is 15.6 Å². The first-order chi connectivity index (χ1) is 7.33. The molecule has 0 radical (unpaired) electrons. The molecule has 0 aliphatic heterocycles. The summed E-state index contributed by atoms with van der Waals surface area (Å²) in [5.74, 6) is 0.702. The number of sulfone groups is 1. The summed E-state index contributed by atoms with van der Waals surface area (Å²) in [5.41, 5.74) is 7.63. The Morgan fingerprint density at radius 3 is 2.50 bits per heavy atom. The Labute approximate surface area is 96.3 Å². The summed E-state index contributed by atoms with van der Waals surface area (Å²) < 4.78 is 27.4. The number of hydrogen-bond donors (Lipinski definition) is 1. The van der Waals surface area contributed by atoms with Gasteiger partial charge in [-0.25, -0.2) is 8.42 Å². The molecule has 1 aromatic carbocycles. The Morgan fingerprint density at radius 2 is 2.06 bits per heavy atom. The minimum absolute atomic E-state index is 0.0415. The van der Waals surface area contributed by atoms with Gasteiger partial charge in [0.15, 0.2) is 0 Å². The largest absolute Gasteiger partial charge is 0.497 e. The van der Waals surface area contributed by atoms with Crippen LogP contribution in [0.5, 0.6) is 5.75 Å². The van der Waals surface area contributed by atoms with Gasteiger partial charge in [0, 0.05) is 12.3 Å². The van der Waals surface area contributed by atoms with E-state index >= 15 is 0 Å². The van der Waals surface area contributed by atoms with E-state index in [9.17, 15) is 8.42 Å². The van der Waals surface area contributed by atoms with Gasteiger partial charge in [-0.1, -0.05) is 6.07 Å². The fourth-order valence-electron chi connectivity index (χ4n) is 1.61. The standard InChI is InChI=1S/C11H17NO3S/c1-8-6-9(15-2)4-5-10(8)11(12)7-16(3,13)14/h4-6,11H,7,12H2,1-3H3. The average molecular weight is 243 g/mol. The Kier molecular flexibility index (Phi) is 3.93. The quantitative estimate of drug-likeness (QED) is 0.858. The lowest BCUT2D eigenvalue weighted by atomic mass is 10.0. The molecule has 90 valence electrons. The number of aryl methyl sites for hydroxylation is 1. The second-order valence-electron chi connectivity index (χ2n) is 3.92. The molecule has 1 atom stereocenters. The second kappa shape index (κ2) is 4.84. The summed E-state index contributed by atoms with van der Waals surface area (Å²) in [5, 5.41) is 0. The molecule has 0 amide bonds. The Hall–Kier alpha value is -1.07. The van der Waals surface area contributed by atoms with E-state index in [2.05, 4.69) is 0 Å². The molecule has 0 aliphatic rings. The molecule has 0 heterocycles. The van der Waals surface area contributed by atoms with Crippen molar-refractivity contribution in [1.29, 1.82) is 0 Å². The van der Waals surface area contributed by atoms with Gasteiger partial charge in [-0.2, -0.15) is 0 Å². The van der Waals surface area contributed by atoms with Gasteiger partial charge >= 0.3 is 0 Å². The van der Waals surface area contributed by atoms with Gasteiger partial charge < -0.3 is 10.5 Å². The SMILES string of the molecule is COc1ccc(C(N)CS(C)(=O)=O)c(C)c1. The number of methoxy groups -OCH3 is 1. The molecule has 1 unspecified atom stereocenters. The molecular weight excluding hydrogens is 226 g/mol. The fraction of sp³-hybridized carbons (Fsp3) is 0.455. The van der Waals surface area contributed by atoms with Gasteiger partial charge in [-0.3, -0.25) is 0 Å². The van der Waals surface area contributed by atoms with Crippen LogP contribution < -0.4 is 10.5 Å². The molecule has 0 bridgehead atoms. The zero-order valence-corrected chi connectivity index (χ0v) is 10.5. The second-order valence-corrected chi connectivity index (χ2v) is 6.11. The van der Waals surface area contributed by atoms with E-state index in [-0.39, 0.29) is 5.75 Å². The van der Waals surface area contributed by atoms with E-state index in [1.54, 1.807) is 13.2 Å². The summed E-state index contributed by atoms with van der Waals surface area (Å²) in [6, 6.07) is 4.95. The van der Waals surface area contributed by atoms with Crippen LogP contribution in [-0.2, 0) is 9.84 Å². The van der Waals surface area contributed by atoms with Crippen molar-refractivity contribution in [3.8, 4) is 5.75 Å². The first-order valence-corrected chi connectivity index (χ1v) is 6.97. The maximum atomic E-state index is 11.1. The monoisotopic (exact) mass is 243 g/mol. The van der Waals surface area contributed by atoms with E-state index < -0.39 is 15.9 Å². The summed E-state index contributed by atoms with van der Waals surface area (Å²) in [6.07, 6.45) is 1.19. The normalized spacial score (nSPS) is 13.5. The maximum absolute atomic E-state index is 11.1. The first-order valence-electron chi connectivity index (χ1n) is 4.91. The third kappa shape index (κ3) is 3.50. The molecular formula is C11H17NO3S. The van der Waals surface area contributed by atoms with E-state index in [1.807, 2.05) is 19.1 Å². The predicted octanol–water partition coefficient (Wildman–Crippen LogP) is 1.05. The highest BCUT2D eigenvalue weighted by atomic mass is 32.2. The highest BCUT2D eigenvalue weighted by molar-refractivity contribution is 7.90. The van der Waals surface area contributed by atoms with E-state index in [4.69, 9.17) is 10.5 Å². The molecule has 4 nitrogen and oxygen atoms in total. The smallest absolute Gasteiger partial charge is 0.149 e. The highest BCUT2D eigenvalue weighted by Gasteiger charge is 2.15. The third-order valence-electron chi connectivity index (χ3n) is 2.36.